The number of halogens is 3. The van der Waals surface area contributed by atoms with Crippen molar-refractivity contribution in [3.8, 4) is 11.8 Å². The Bertz CT molecular complexity index is 582. The van der Waals surface area contributed by atoms with Gasteiger partial charge in [-0.2, -0.15) is 13.2 Å². The van der Waals surface area contributed by atoms with Crippen molar-refractivity contribution in [1.29, 1.82) is 0 Å². The molecule has 0 atom stereocenters. The first-order valence-electron chi connectivity index (χ1n) is 4.94. The summed E-state index contributed by atoms with van der Waals surface area (Å²) < 4.78 is 37.5. The van der Waals surface area contributed by atoms with Gasteiger partial charge in [0.25, 0.3) is 5.91 Å². The van der Waals surface area contributed by atoms with Crippen molar-refractivity contribution in [2.45, 2.75) is 13.1 Å². The zero-order chi connectivity index (χ0) is 14.6. The van der Waals surface area contributed by atoms with Crippen molar-refractivity contribution >= 4 is 17.6 Å². The zero-order valence-corrected chi connectivity index (χ0v) is 9.63. The van der Waals surface area contributed by atoms with Gasteiger partial charge in [0.2, 0.25) is 0 Å². The SMILES string of the molecule is CC#CC(=O)Nc1cc(C(F)(F)F)ccc1C(=O)O. The third-order valence-electron chi connectivity index (χ3n) is 2.06. The van der Waals surface area contributed by atoms with Crippen molar-refractivity contribution in [2.24, 2.45) is 0 Å². The van der Waals surface area contributed by atoms with Gasteiger partial charge >= 0.3 is 12.1 Å². The average Bonchev–Trinajstić information content (AvgIpc) is 2.27. The molecule has 1 amide bonds. The van der Waals surface area contributed by atoms with Crippen LogP contribution in [0.1, 0.15) is 22.8 Å². The number of aromatic carboxylic acids is 1. The third kappa shape index (κ3) is 3.74. The Morgan fingerprint density at radius 1 is 1.32 bits per heavy atom. The van der Waals surface area contributed by atoms with Gasteiger partial charge in [-0.15, -0.1) is 0 Å². The number of benzene rings is 1. The Kier molecular flexibility index (Phi) is 4.17. The largest absolute Gasteiger partial charge is 0.478 e. The summed E-state index contributed by atoms with van der Waals surface area (Å²) in [6.45, 7) is 1.36. The molecule has 1 rings (SSSR count). The van der Waals surface area contributed by atoms with E-state index in [-0.39, 0.29) is 0 Å². The second-order valence-corrected chi connectivity index (χ2v) is 3.39. The van der Waals surface area contributed by atoms with Gasteiger partial charge in [0.1, 0.15) is 0 Å². The average molecular weight is 271 g/mol. The summed E-state index contributed by atoms with van der Waals surface area (Å²) >= 11 is 0. The molecule has 1 aromatic carbocycles. The maximum absolute atomic E-state index is 12.5. The minimum atomic E-state index is -4.63. The number of carbonyl (C=O) groups is 2. The summed E-state index contributed by atoms with van der Waals surface area (Å²) in [5, 5.41) is 10.8. The van der Waals surface area contributed by atoms with E-state index in [1.165, 1.54) is 6.92 Å². The van der Waals surface area contributed by atoms with E-state index in [9.17, 15) is 22.8 Å². The molecule has 0 saturated carbocycles. The molecule has 100 valence electrons. The summed E-state index contributed by atoms with van der Waals surface area (Å²) in [4.78, 5) is 22.0. The van der Waals surface area contributed by atoms with E-state index in [1.54, 1.807) is 0 Å². The van der Waals surface area contributed by atoms with Crippen LogP contribution in [0.2, 0.25) is 0 Å². The molecular weight excluding hydrogens is 263 g/mol. The molecule has 0 saturated heterocycles. The van der Waals surface area contributed by atoms with Crippen LogP contribution in [0.5, 0.6) is 0 Å². The Balaban J connectivity index is 3.26. The topological polar surface area (TPSA) is 66.4 Å². The minimum absolute atomic E-state index is 0.445. The standard InChI is InChI=1S/C12H8F3NO3/c1-2-3-10(17)16-9-6-7(12(13,14)15)4-5-8(9)11(18)19/h4-6H,1H3,(H,16,17)(H,18,19). The lowest BCUT2D eigenvalue weighted by atomic mass is 10.1. The van der Waals surface area contributed by atoms with Crippen LogP contribution in [0.15, 0.2) is 18.2 Å². The number of amides is 1. The normalized spacial score (nSPS) is 10.3. The molecule has 0 bridgehead atoms. The molecule has 4 nitrogen and oxygen atoms in total. The number of hydrogen-bond acceptors (Lipinski definition) is 2. The number of nitrogens with one attached hydrogen (secondary N) is 1. The number of carbonyl (C=O) groups excluding carboxylic acids is 1. The highest BCUT2D eigenvalue weighted by molar-refractivity contribution is 6.07. The zero-order valence-electron chi connectivity index (χ0n) is 9.63. The van der Waals surface area contributed by atoms with Crippen LogP contribution >= 0.6 is 0 Å². The predicted molar refractivity (Wildman–Crippen MR) is 60.5 cm³/mol. The fraction of sp³-hybridized carbons (Fsp3) is 0.167. The van der Waals surface area contributed by atoms with E-state index >= 15 is 0 Å². The van der Waals surface area contributed by atoms with E-state index in [0.717, 1.165) is 6.07 Å². The molecule has 0 aliphatic rings. The van der Waals surface area contributed by atoms with Crippen LogP contribution < -0.4 is 5.32 Å². The highest BCUT2D eigenvalue weighted by atomic mass is 19.4. The lowest BCUT2D eigenvalue weighted by Gasteiger charge is -2.11. The van der Waals surface area contributed by atoms with Crippen LogP contribution in [-0.4, -0.2) is 17.0 Å². The molecule has 7 heteroatoms. The van der Waals surface area contributed by atoms with Gasteiger partial charge in [0.05, 0.1) is 16.8 Å². The van der Waals surface area contributed by atoms with Crippen LogP contribution in [0.3, 0.4) is 0 Å². The van der Waals surface area contributed by atoms with Gasteiger partial charge in [-0.05, 0) is 31.0 Å². The van der Waals surface area contributed by atoms with E-state index in [0.29, 0.717) is 12.1 Å². The maximum Gasteiger partial charge on any atom is 0.416 e. The number of alkyl halides is 3. The number of rotatable bonds is 2. The first kappa shape index (κ1) is 14.6. The summed E-state index contributed by atoms with van der Waals surface area (Å²) in [6, 6.07) is 1.96. The van der Waals surface area contributed by atoms with Crippen LogP contribution in [0.4, 0.5) is 18.9 Å². The van der Waals surface area contributed by atoms with Gasteiger partial charge in [-0.1, -0.05) is 5.92 Å². The summed E-state index contributed by atoms with van der Waals surface area (Å²) in [6.07, 6.45) is -4.63. The van der Waals surface area contributed by atoms with Gasteiger partial charge in [0, 0.05) is 0 Å². The van der Waals surface area contributed by atoms with Crippen molar-refractivity contribution in [3.63, 3.8) is 0 Å². The second kappa shape index (κ2) is 5.44. The molecule has 0 aliphatic carbocycles. The van der Waals surface area contributed by atoms with Crippen molar-refractivity contribution in [2.75, 3.05) is 5.32 Å². The molecule has 0 fully saturated rings. The fourth-order valence-electron chi connectivity index (χ4n) is 1.28. The Morgan fingerprint density at radius 3 is 2.42 bits per heavy atom. The Morgan fingerprint density at radius 2 is 1.95 bits per heavy atom. The molecule has 19 heavy (non-hydrogen) atoms. The minimum Gasteiger partial charge on any atom is -0.478 e. The van der Waals surface area contributed by atoms with Crippen molar-refractivity contribution in [1.82, 2.24) is 0 Å². The molecular formula is C12H8F3NO3. The number of hydrogen-bond donors (Lipinski definition) is 2. The maximum atomic E-state index is 12.5. The molecule has 0 aliphatic heterocycles. The van der Waals surface area contributed by atoms with E-state index < -0.39 is 34.9 Å². The molecule has 2 N–H and O–H groups in total. The monoisotopic (exact) mass is 271 g/mol. The Hall–Kier alpha value is -2.49. The first-order valence-corrected chi connectivity index (χ1v) is 4.94. The molecule has 0 unspecified atom stereocenters. The first-order chi connectivity index (χ1) is 8.75. The predicted octanol–water partition coefficient (Wildman–Crippen LogP) is 2.37. The summed E-state index contributed by atoms with van der Waals surface area (Å²) in [5.41, 5.74) is -1.95. The number of carboxylic acid groups (broad SMARTS) is 1. The van der Waals surface area contributed by atoms with Crippen LogP contribution in [0.25, 0.3) is 0 Å². The third-order valence-corrected chi connectivity index (χ3v) is 2.06. The highest BCUT2D eigenvalue weighted by Gasteiger charge is 2.31. The lowest BCUT2D eigenvalue weighted by molar-refractivity contribution is -0.137. The van der Waals surface area contributed by atoms with Gasteiger partial charge in [0.15, 0.2) is 0 Å². The summed E-state index contributed by atoms with van der Waals surface area (Å²) in [5.74, 6) is 1.96. The van der Waals surface area contributed by atoms with Gasteiger partial charge < -0.3 is 10.4 Å². The van der Waals surface area contributed by atoms with Crippen molar-refractivity contribution < 1.29 is 27.9 Å². The molecule has 1 aromatic rings. The molecule has 0 heterocycles. The fourth-order valence-corrected chi connectivity index (χ4v) is 1.28. The van der Waals surface area contributed by atoms with Gasteiger partial charge in [-0.25, -0.2) is 4.79 Å². The smallest absolute Gasteiger partial charge is 0.416 e. The van der Waals surface area contributed by atoms with Crippen molar-refractivity contribution in [3.05, 3.63) is 29.3 Å². The quantitative estimate of drug-likeness (QED) is 0.811. The Labute approximate surface area is 106 Å². The second-order valence-electron chi connectivity index (χ2n) is 3.39. The lowest BCUT2D eigenvalue weighted by Crippen LogP contribution is -2.14. The summed E-state index contributed by atoms with van der Waals surface area (Å²) in [7, 11) is 0. The van der Waals surface area contributed by atoms with Gasteiger partial charge in [-0.3, -0.25) is 4.79 Å². The van der Waals surface area contributed by atoms with Crippen LogP contribution in [-0.2, 0) is 11.0 Å². The molecule has 0 radical (unpaired) electrons. The van der Waals surface area contributed by atoms with E-state index in [4.69, 9.17) is 5.11 Å². The number of anilines is 1. The molecule has 0 spiro atoms. The molecule has 0 aromatic heterocycles. The number of carboxylic acids is 1. The van der Waals surface area contributed by atoms with Crippen LogP contribution in [0, 0.1) is 11.8 Å². The highest BCUT2D eigenvalue weighted by Crippen LogP contribution is 2.32. The van der Waals surface area contributed by atoms with E-state index in [1.807, 2.05) is 11.2 Å². The van der Waals surface area contributed by atoms with E-state index in [2.05, 4.69) is 5.92 Å².